The SMILES string of the molecule is Cn1ccnc1Sc1cc(NN)cc([N+](=O)[O-])c1. The summed E-state index contributed by atoms with van der Waals surface area (Å²) in [6.07, 6.45) is 3.48. The third-order valence-corrected chi connectivity index (χ3v) is 3.30. The van der Waals surface area contributed by atoms with Crippen molar-refractivity contribution in [2.75, 3.05) is 5.43 Å². The molecule has 0 amide bonds. The monoisotopic (exact) mass is 265 g/mol. The van der Waals surface area contributed by atoms with Crippen molar-refractivity contribution in [3.63, 3.8) is 0 Å². The van der Waals surface area contributed by atoms with Crippen LogP contribution in [0.15, 0.2) is 40.6 Å². The molecule has 0 saturated heterocycles. The van der Waals surface area contributed by atoms with Crippen molar-refractivity contribution in [3.8, 4) is 0 Å². The molecule has 2 aromatic rings. The second kappa shape index (κ2) is 5.07. The smallest absolute Gasteiger partial charge is 0.272 e. The van der Waals surface area contributed by atoms with Gasteiger partial charge in [-0.05, 0) is 6.07 Å². The summed E-state index contributed by atoms with van der Waals surface area (Å²) in [6.45, 7) is 0. The van der Waals surface area contributed by atoms with Gasteiger partial charge in [0, 0.05) is 36.5 Å². The quantitative estimate of drug-likeness (QED) is 0.496. The molecule has 0 aliphatic heterocycles. The van der Waals surface area contributed by atoms with Crippen molar-refractivity contribution >= 4 is 23.1 Å². The van der Waals surface area contributed by atoms with Crippen molar-refractivity contribution in [1.82, 2.24) is 9.55 Å². The number of nitrogens with zero attached hydrogens (tertiary/aromatic N) is 3. The molecule has 8 heteroatoms. The molecule has 18 heavy (non-hydrogen) atoms. The molecule has 0 atom stereocenters. The Morgan fingerprint density at radius 1 is 1.50 bits per heavy atom. The second-order valence-electron chi connectivity index (χ2n) is 3.54. The number of imidazole rings is 1. The molecule has 0 saturated carbocycles. The van der Waals surface area contributed by atoms with Crippen LogP contribution in [0.2, 0.25) is 0 Å². The van der Waals surface area contributed by atoms with Gasteiger partial charge in [-0.1, -0.05) is 11.8 Å². The van der Waals surface area contributed by atoms with Crippen molar-refractivity contribution in [1.29, 1.82) is 0 Å². The Bertz CT molecular complexity index is 583. The van der Waals surface area contributed by atoms with E-state index in [4.69, 9.17) is 5.84 Å². The molecular weight excluding hydrogens is 254 g/mol. The van der Waals surface area contributed by atoms with E-state index in [1.807, 2.05) is 17.8 Å². The van der Waals surface area contributed by atoms with E-state index in [1.165, 1.54) is 23.9 Å². The molecule has 0 radical (unpaired) electrons. The number of hydrogen-bond donors (Lipinski definition) is 2. The molecular formula is C10H11N5O2S. The predicted octanol–water partition coefficient (Wildman–Crippen LogP) is 1.77. The molecule has 0 bridgehead atoms. The summed E-state index contributed by atoms with van der Waals surface area (Å²) in [6, 6.07) is 4.59. The van der Waals surface area contributed by atoms with E-state index in [2.05, 4.69) is 10.4 Å². The molecule has 1 aromatic carbocycles. The zero-order valence-electron chi connectivity index (χ0n) is 9.53. The topological polar surface area (TPSA) is 99.0 Å². The van der Waals surface area contributed by atoms with Gasteiger partial charge in [-0.15, -0.1) is 0 Å². The van der Waals surface area contributed by atoms with Gasteiger partial charge in [0.2, 0.25) is 0 Å². The van der Waals surface area contributed by atoms with Gasteiger partial charge >= 0.3 is 0 Å². The number of rotatable bonds is 4. The summed E-state index contributed by atoms with van der Waals surface area (Å²) in [5.41, 5.74) is 2.89. The number of nitrogens with two attached hydrogens (primary N) is 1. The Morgan fingerprint density at radius 3 is 2.83 bits per heavy atom. The van der Waals surface area contributed by atoms with Gasteiger partial charge in [0.05, 0.1) is 10.6 Å². The highest BCUT2D eigenvalue weighted by molar-refractivity contribution is 7.99. The van der Waals surface area contributed by atoms with E-state index in [0.717, 1.165) is 5.16 Å². The van der Waals surface area contributed by atoms with Gasteiger partial charge in [0.1, 0.15) is 0 Å². The lowest BCUT2D eigenvalue weighted by Gasteiger charge is -2.05. The Balaban J connectivity index is 2.35. The predicted molar refractivity (Wildman–Crippen MR) is 68.2 cm³/mol. The summed E-state index contributed by atoms with van der Waals surface area (Å²) >= 11 is 1.33. The van der Waals surface area contributed by atoms with Gasteiger partial charge in [0.15, 0.2) is 5.16 Å². The number of nitro benzene ring substituents is 1. The van der Waals surface area contributed by atoms with E-state index in [9.17, 15) is 10.1 Å². The Hall–Kier alpha value is -2.06. The van der Waals surface area contributed by atoms with E-state index in [1.54, 1.807) is 12.3 Å². The Labute approximate surface area is 107 Å². The minimum Gasteiger partial charge on any atom is -0.329 e. The summed E-state index contributed by atoms with van der Waals surface area (Å²) in [7, 11) is 1.86. The van der Waals surface area contributed by atoms with E-state index in [0.29, 0.717) is 10.6 Å². The van der Waals surface area contributed by atoms with Crippen molar-refractivity contribution in [3.05, 3.63) is 40.7 Å². The first-order valence-corrected chi connectivity index (χ1v) is 5.83. The van der Waals surface area contributed by atoms with Crippen LogP contribution in [-0.4, -0.2) is 14.5 Å². The molecule has 7 nitrogen and oxygen atoms in total. The zero-order chi connectivity index (χ0) is 13.1. The molecule has 0 unspecified atom stereocenters. The third kappa shape index (κ3) is 2.60. The Morgan fingerprint density at radius 2 is 2.28 bits per heavy atom. The fraction of sp³-hybridized carbons (Fsp3) is 0.100. The average molecular weight is 265 g/mol. The molecule has 1 aromatic heterocycles. The first-order valence-electron chi connectivity index (χ1n) is 5.01. The van der Waals surface area contributed by atoms with Gasteiger partial charge in [-0.2, -0.15) is 0 Å². The largest absolute Gasteiger partial charge is 0.329 e. The molecule has 3 N–H and O–H groups in total. The number of aromatic nitrogens is 2. The van der Waals surface area contributed by atoms with Crippen LogP contribution >= 0.6 is 11.8 Å². The van der Waals surface area contributed by atoms with Crippen LogP contribution in [0.1, 0.15) is 0 Å². The maximum atomic E-state index is 10.8. The van der Waals surface area contributed by atoms with Gasteiger partial charge in [-0.3, -0.25) is 16.0 Å². The lowest BCUT2D eigenvalue weighted by Crippen LogP contribution is -2.07. The van der Waals surface area contributed by atoms with Crippen molar-refractivity contribution in [2.24, 2.45) is 12.9 Å². The van der Waals surface area contributed by atoms with Gasteiger partial charge in [0.25, 0.3) is 5.69 Å². The lowest BCUT2D eigenvalue weighted by molar-refractivity contribution is -0.385. The fourth-order valence-electron chi connectivity index (χ4n) is 1.39. The highest BCUT2D eigenvalue weighted by Crippen LogP contribution is 2.31. The first-order chi connectivity index (χ1) is 8.60. The highest BCUT2D eigenvalue weighted by Gasteiger charge is 2.11. The van der Waals surface area contributed by atoms with Crippen LogP contribution in [-0.2, 0) is 7.05 Å². The summed E-state index contributed by atoms with van der Waals surface area (Å²) in [5, 5.41) is 11.5. The van der Waals surface area contributed by atoms with E-state index in [-0.39, 0.29) is 5.69 Å². The van der Waals surface area contributed by atoms with Crippen LogP contribution in [0.25, 0.3) is 0 Å². The number of anilines is 1. The highest BCUT2D eigenvalue weighted by atomic mass is 32.2. The summed E-state index contributed by atoms with van der Waals surface area (Å²) in [4.78, 5) is 15.2. The summed E-state index contributed by atoms with van der Waals surface area (Å²) < 4.78 is 1.83. The van der Waals surface area contributed by atoms with Crippen LogP contribution in [0.3, 0.4) is 0 Å². The summed E-state index contributed by atoms with van der Waals surface area (Å²) in [5.74, 6) is 5.29. The van der Waals surface area contributed by atoms with Gasteiger partial charge in [-0.25, -0.2) is 4.98 Å². The molecule has 0 spiro atoms. The number of hydrazine groups is 1. The first kappa shape index (κ1) is 12.4. The molecule has 0 fully saturated rings. The maximum absolute atomic E-state index is 10.8. The van der Waals surface area contributed by atoms with Crippen LogP contribution in [0, 0.1) is 10.1 Å². The molecule has 0 aliphatic carbocycles. The number of nitrogen functional groups attached to an aromatic ring is 1. The number of nitrogens with one attached hydrogen (secondary N) is 1. The van der Waals surface area contributed by atoms with Crippen molar-refractivity contribution in [2.45, 2.75) is 10.1 Å². The molecule has 2 rings (SSSR count). The minimum absolute atomic E-state index is 0.0119. The minimum atomic E-state index is -0.455. The van der Waals surface area contributed by atoms with Gasteiger partial charge < -0.3 is 9.99 Å². The lowest BCUT2D eigenvalue weighted by atomic mass is 10.3. The molecule has 94 valence electrons. The third-order valence-electron chi connectivity index (χ3n) is 2.25. The number of benzene rings is 1. The fourth-order valence-corrected chi connectivity index (χ4v) is 2.28. The number of nitro groups is 1. The van der Waals surface area contributed by atoms with Crippen LogP contribution in [0.4, 0.5) is 11.4 Å². The number of non-ortho nitro benzene ring substituents is 1. The standard InChI is InChI=1S/C10H11N5O2S/c1-14-3-2-12-10(14)18-9-5-7(13-11)4-8(6-9)15(16)17/h2-6,13H,11H2,1H3. The number of aryl methyl sites for hydroxylation is 1. The van der Waals surface area contributed by atoms with Crippen molar-refractivity contribution < 1.29 is 4.92 Å². The zero-order valence-corrected chi connectivity index (χ0v) is 10.3. The Kier molecular flexibility index (Phi) is 3.49. The second-order valence-corrected chi connectivity index (χ2v) is 4.58. The molecule has 1 heterocycles. The maximum Gasteiger partial charge on any atom is 0.272 e. The van der Waals surface area contributed by atoms with Crippen LogP contribution < -0.4 is 11.3 Å². The van der Waals surface area contributed by atoms with E-state index < -0.39 is 4.92 Å². The molecule has 0 aliphatic rings. The average Bonchev–Trinajstić information content (AvgIpc) is 2.74. The normalized spacial score (nSPS) is 10.3. The van der Waals surface area contributed by atoms with Crippen LogP contribution in [0.5, 0.6) is 0 Å². The van der Waals surface area contributed by atoms with E-state index >= 15 is 0 Å². The number of hydrogen-bond acceptors (Lipinski definition) is 6.